The van der Waals surface area contributed by atoms with Crippen LogP contribution in [0.1, 0.15) is 2.74 Å². The van der Waals surface area contributed by atoms with Crippen molar-refractivity contribution < 1.29 is 33.0 Å². The molecule has 1 heterocycles. The van der Waals surface area contributed by atoms with E-state index in [1.807, 2.05) is 0 Å². The molecule has 6 nitrogen and oxygen atoms in total. The minimum Gasteiger partial charge on any atom is -0.394 e. The molecule has 0 radical (unpaired) electrons. The summed E-state index contributed by atoms with van der Waals surface area (Å²) in [6, 6.07) is 0. The van der Waals surface area contributed by atoms with Crippen molar-refractivity contribution in [2.45, 2.75) is 30.7 Å². The second-order valence-corrected chi connectivity index (χ2v) is 2.41. The summed E-state index contributed by atoms with van der Waals surface area (Å²) < 4.78 is 18.8. The number of aliphatic hydroxyl groups excluding tert-OH is 4. The van der Waals surface area contributed by atoms with E-state index in [4.69, 9.17) is 18.1 Å². The van der Waals surface area contributed by atoms with Gasteiger partial charge in [0, 0.05) is 0 Å². The topological polar surface area (TPSA) is 110 Å². The lowest BCUT2D eigenvalue weighted by Gasteiger charge is -2.37. The fraction of sp³-hybridized carbons (Fsp3) is 1.00. The van der Waals surface area contributed by atoms with Crippen LogP contribution in [0.2, 0.25) is 0 Å². The zero-order valence-corrected chi connectivity index (χ0v) is 6.08. The number of hydrogen-bond acceptors (Lipinski definition) is 6. The summed E-state index contributed by atoms with van der Waals surface area (Å²) in [7, 11) is 0. The largest absolute Gasteiger partial charge is 0.394 e. The van der Waals surface area contributed by atoms with Gasteiger partial charge in [0.25, 0.3) is 0 Å². The molecule has 1 unspecified atom stereocenters. The van der Waals surface area contributed by atoms with E-state index in [0.29, 0.717) is 0 Å². The first-order chi connectivity index (χ1) is 6.26. The molecule has 5 N–H and O–H groups in total. The first-order valence-corrected chi connectivity index (χ1v) is 3.31. The second kappa shape index (κ2) is 3.65. The molecular weight excluding hydrogens is 168 g/mol. The molecule has 0 spiro atoms. The summed E-state index contributed by atoms with van der Waals surface area (Å²) in [5.74, 6) is 0. The first-order valence-electron chi connectivity index (χ1n) is 4.31. The Morgan fingerprint density at radius 2 is 1.75 bits per heavy atom. The van der Waals surface area contributed by atoms with Gasteiger partial charge in [0.15, 0.2) is 6.29 Å². The molecule has 1 fully saturated rings. The fourth-order valence-corrected chi connectivity index (χ4v) is 0.877. The molecule has 0 aromatic carbocycles. The lowest BCUT2D eigenvalue weighted by Crippen LogP contribution is -2.58. The number of hydrogen-bond donors (Lipinski definition) is 5. The Labute approximate surface area is 71.5 Å². The second-order valence-electron chi connectivity index (χ2n) is 2.41. The van der Waals surface area contributed by atoms with Crippen molar-refractivity contribution in [2.75, 3.05) is 6.61 Å². The summed E-state index contributed by atoms with van der Waals surface area (Å²) in [5.41, 5.74) is 0. The standard InChI is InChI=1S/C6H12O6/c7-1-2-3(8)4(9)5(10)6(11)12-2/h2-11H,1H2/t2-,3-,4+,5-,6?/m1/s1/i2D,3D. The molecule has 0 aromatic heterocycles. The summed E-state index contributed by atoms with van der Waals surface area (Å²) in [5, 5.41) is 45.2. The molecule has 0 bridgehead atoms. The molecule has 1 aliphatic rings. The molecule has 72 valence electrons. The fourth-order valence-electron chi connectivity index (χ4n) is 0.877. The monoisotopic (exact) mass is 182 g/mol. The summed E-state index contributed by atoms with van der Waals surface area (Å²) in [6.45, 7) is -1.10. The van der Waals surface area contributed by atoms with E-state index in [9.17, 15) is 10.2 Å². The Hall–Kier alpha value is -0.240. The third-order valence-electron chi connectivity index (χ3n) is 1.59. The summed E-state index contributed by atoms with van der Waals surface area (Å²) in [4.78, 5) is 0. The van der Waals surface area contributed by atoms with Crippen LogP contribution in [0, 0.1) is 0 Å². The Kier molecular flexibility index (Phi) is 2.19. The van der Waals surface area contributed by atoms with Gasteiger partial charge in [-0.25, -0.2) is 0 Å². The van der Waals surface area contributed by atoms with Crippen LogP contribution in [0.3, 0.4) is 0 Å². The van der Waals surface area contributed by atoms with Gasteiger partial charge in [0.2, 0.25) is 0 Å². The van der Waals surface area contributed by atoms with Gasteiger partial charge < -0.3 is 30.3 Å². The van der Waals surface area contributed by atoms with Gasteiger partial charge in [-0.1, -0.05) is 0 Å². The first kappa shape index (κ1) is 7.19. The Morgan fingerprint density at radius 1 is 1.17 bits per heavy atom. The third kappa shape index (κ3) is 1.58. The third-order valence-corrected chi connectivity index (χ3v) is 1.59. The molecule has 0 aromatic rings. The average Bonchev–Trinajstić information content (AvgIpc) is 2.12. The van der Waals surface area contributed by atoms with Crippen LogP contribution in [-0.4, -0.2) is 62.8 Å². The molecule has 0 saturated carbocycles. The smallest absolute Gasteiger partial charge is 0.184 e. The normalized spacial score (nSPS) is 63.9. The highest BCUT2D eigenvalue weighted by Crippen LogP contribution is 2.18. The Bertz CT molecular complexity index is 222. The lowest BCUT2D eigenvalue weighted by atomic mass is 10.00. The van der Waals surface area contributed by atoms with Crippen molar-refractivity contribution in [3.05, 3.63) is 0 Å². The highest BCUT2D eigenvalue weighted by atomic mass is 16.6. The van der Waals surface area contributed by atoms with Crippen molar-refractivity contribution in [3.8, 4) is 0 Å². The minimum absolute atomic E-state index is 1.10. The van der Waals surface area contributed by atoms with Crippen molar-refractivity contribution in [1.29, 1.82) is 0 Å². The Balaban J connectivity index is 3.01. The van der Waals surface area contributed by atoms with E-state index in [-0.39, 0.29) is 0 Å². The maximum absolute atomic E-state index is 9.32. The van der Waals surface area contributed by atoms with Crippen molar-refractivity contribution in [2.24, 2.45) is 0 Å². The zero-order valence-electron chi connectivity index (χ0n) is 8.08. The molecule has 5 atom stereocenters. The molecule has 6 heteroatoms. The molecule has 1 saturated heterocycles. The molecule has 12 heavy (non-hydrogen) atoms. The summed E-state index contributed by atoms with van der Waals surface area (Å²) in [6.07, 6.45) is -11.4. The minimum atomic E-state index is -2.92. The maximum Gasteiger partial charge on any atom is 0.184 e. The van der Waals surface area contributed by atoms with Gasteiger partial charge in [-0.2, -0.15) is 0 Å². The molecule has 1 rings (SSSR count). The zero-order chi connectivity index (χ0) is 11.1. The average molecular weight is 182 g/mol. The van der Waals surface area contributed by atoms with E-state index in [1.165, 1.54) is 0 Å². The van der Waals surface area contributed by atoms with Gasteiger partial charge in [-0.05, 0) is 0 Å². The number of ether oxygens (including phenoxy) is 1. The molecule has 0 amide bonds. The van der Waals surface area contributed by atoms with Crippen molar-refractivity contribution >= 4 is 0 Å². The van der Waals surface area contributed by atoms with Gasteiger partial charge >= 0.3 is 0 Å². The highest BCUT2D eigenvalue weighted by molar-refractivity contribution is 4.87. The molecular formula is C6H12O6. The van der Waals surface area contributed by atoms with E-state index in [0.717, 1.165) is 0 Å². The molecule has 0 aliphatic carbocycles. The predicted octanol–water partition coefficient (Wildman–Crippen LogP) is -3.22. The Morgan fingerprint density at radius 3 is 2.25 bits per heavy atom. The highest BCUT2D eigenvalue weighted by Gasteiger charge is 2.42. The van der Waals surface area contributed by atoms with E-state index in [2.05, 4.69) is 4.74 Å². The quantitative estimate of drug-likeness (QED) is 0.292. The number of aliphatic hydroxyl groups is 5. The van der Waals surface area contributed by atoms with Gasteiger partial charge in [-0.3, -0.25) is 0 Å². The summed E-state index contributed by atoms with van der Waals surface area (Å²) >= 11 is 0. The maximum atomic E-state index is 9.32. The van der Waals surface area contributed by atoms with Gasteiger partial charge in [0.05, 0.1) is 9.35 Å². The van der Waals surface area contributed by atoms with E-state index >= 15 is 0 Å². The predicted molar refractivity (Wildman–Crippen MR) is 36.0 cm³/mol. The van der Waals surface area contributed by atoms with Crippen LogP contribution in [0.5, 0.6) is 0 Å². The van der Waals surface area contributed by atoms with Crippen LogP contribution in [0.15, 0.2) is 0 Å². The van der Waals surface area contributed by atoms with Gasteiger partial charge in [-0.15, -0.1) is 0 Å². The van der Waals surface area contributed by atoms with Crippen LogP contribution in [-0.2, 0) is 4.74 Å². The van der Waals surface area contributed by atoms with Crippen molar-refractivity contribution in [3.63, 3.8) is 0 Å². The van der Waals surface area contributed by atoms with Crippen molar-refractivity contribution in [1.82, 2.24) is 0 Å². The SMILES string of the molecule is [2H][C@]1(CO)OC(O)[C@H](O)[C@@H](O)[C@]1([2H])O. The van der Waals surface area contributed by atoms with Crippen LogP contribution in [0.4, 0.5) is 0 Å². The van der Waals surface area contributed by atoms with Crippen LogP contribution < -0.4 is 0 Å². The van der Waals surface area contributed by atoms with Crippen LogP contribution in [0.25, 0.3) is 0 Å². The lowest BCUT2D eigenvalue weighted by molar-refractivity contribution is -0.286. The van der Waals surface area contributed by atoms with E-state index in [1.54, 1.807) is 0 Å². The van der Waals surface area contributed by atoms with Gasteiger partial charge in [0.1, 0.15) is 24.4 Å². The molecule has 1 aliphatic heterocycles. The van der Waals surface area contributed by atoms with E-state index < -0.39 is 37.3 Å². The van der Waals surface area contributed by atoms with Crippen LogP contribution >= 0.6 is 0 Å². The number of rotatable bonds is 1.